The van der Waals surface area contributed by atoms with E-state index in [1.54, 1.807) is 0 Å². The van der Waals surface area contributed by atoms with Crippen LogP contribution in [0.4, 0.5) is 0 Å². The molecule has 0 amide bonds. The smallest absolute Gasteiger partial charge is 0.211 e. The van der Waals surface area contributed by atoms with Gasteiger partial charge >= 0.3 is 0 Å². The van der Waals surface area contributed by atoms with Crippen molar-refractivity contribution >= 4 is 10.0 Å². The lowest BCUT2D eigenvalue weighted by atomic mass is 9.86. The van der Waals surface area contributed by atoms with E-state index >= 15 is 0 Å². The van der Waals surface area contributed by atoms with Crippen LogP contribution in [0.5, 0.6) is 0 Å². The molecule has 0 spiro atoms. The van der Waals surface area contributed by atoms with Crippen molar-refractivity contribution in [1.29, 1.82) is 0 Å². The molecule has 5 heteroatoms. The van der Waals surface area contributed by atoms with E-state index < -0.39 is 10.0 Å². The predicted octanol–water partition coefficient (Wildman–Crippen LogP) is 1.22. The summed E-state index contributed by atoms with van der Waals surface area (Å²) in [5, 5.41) is 0. The van der Waals surface area contributed by atoms with Gasteiger partial charge in [-0.1, -0.05) is 19.8 Å². The lowest BCUT2D eigenvalue weighted by Gasteiger charge is -2.26. The van der Waals surface area contributed by atoms with E-state index in [2.05, 4.69) is 4.72 Å². The third-order valence-electron chi connectivity index (χ3n) is 3.18. The zero-order valence-electron chi connectivity index (χ0n) is 10.1. The summed E-state index contributed by atoms with van der Waals surface area (Å²) in [4.78, 5) is 0. The van der Waals surface area contributed by atoms with Crippen molar-refractivity contribution in [3.8, 4) is 0 Å². The van der Waals surface area contributed by atoms with Gasteiger partial charge in [0.2, 0.25) is 10.0 Å². The van der Waals surface area contributed by atoms with Gasteiger partial charge in [-0.15, -0.1) is 0 Å². The first-order valence-electron chi connectivity index (χ1n) is 6.26. The summed E-state index contributed by atoms with van der Waals surface area (Å²) in [5.41, 5.74) is 5.87. The van der Waals surface area contributed by atoms with E-state index in [1.165, 1.54) is 0 Å². The Morgan fingerprint density at radius 1 is 1.38 bits per heavy atom. The summed E-state index contributed by atoms with van der Waals surface area (Å²) in [7, 11) is -3.05. The Hall–Kier alpha value is -0.130. The third kappa shape index (κ3) is 5.27. The standard InChI is InChI=1S/C11H24N2O2S/c1-2-3-7-16(14,15)13-9-10-5-4-6-11(12)8-10/h10-11,13H,2-9,12H2,1H3. The second-order valence-electron chi connectivity index (χ2n) is 4.81. The van der Waals surface area contributed by atoms with Gasteiger partial charge in [0.25, 0.3) is 0 Å². The van der Waals surface area contributed by atoms with Crippen LogP contribution in [0.1, 0.15) is 45.4 Å². The van der Waals surface area contributed by atoms with Gasteiger partial charge in [-0.2, -0.15) is 0 Å². The van der Waals surface area contributed by atoms with Gasteiger partial charge in [0, 0.05) is 12.6 Å². The number of sulfonamides is 1. The Morgan fingerprint density at radius 2 is 2.12 bits per heavy atom. The SMILES string of the molecule is CCCCS(=O)(=O)NCC1CCCC(N)C1. The van der Waals surface area contributed by atoms with Crippen LogP contribution in [0, 0.1) is 5.92 Å². The average molecular weight is 248 g/mol. The van der Waals surface area contributed by atoms with Crippen molar-refractivity contribution in [2.24, 2.45) is 11.7 Å². The first kappa shape index (κ1) is 13.9. The van der Waals surface area contributed by atoms with Crippen molar-refractivity contribution in [2.45, 2.75) is 51.5 Å². The van der Waals surface area contributed by atoms with Crippen LogP contribution in [0.25, 0.3) is 0 Å². The van der Waals surface area contributed by atoms with Crippen molar-refractivity contribution < 1.29 is 8.42 Å². The second kappa shape index (κ2) is 6.57. The second-order valence-corrected chi connectivity index (χ2v) is 6.74. The highest BCUT2D eigenvalue weighted by molar-refractivity contribution is 7.89. The van der Waals surface area contributed by atoms with Crippen LogP contribution < -0.4 is 10.5 Å². The van der Waals surface area contributed by atoms with Gasteiger partial charge in [0.1, 0.15) is 0 Å². The molecule has 1 aliphatic carbocycles. The fraction of sp³-hybridized carbons (Fsp3) is 1.00. The first-order chi connectivity index (χ1) is 7.53. The highest BCUT2D eigenvalue weighted by Gasteiger charge is 2.20. The van der Waals surface area contributed by atoms with E-state index in [0.29, 0.717) is 12.5 Å². The van der Waals surface area contributed by atoms with E-state index in [4.69, 9.17) is 5.73 Å². The fourth-order valence-electron chi connectivity index (χ4n) is 2.17. The molecule has 2 unspecified atom stereocenters. The third-order valence-corrected chi connectivity index (χ3v) is 4.61. The number of hydrogen-bond acceptors (Lipinski definition) is 3. The molecule has 96 valence electrons. The molecule has 0 radical (unpaired) electrons. The maximum atomic E-state index is 11.6. The van der Waals surface area contributed by atoms with Gasteiger partial charge in [-0.05, 0) is 31.6 Å². The molecule has 0 bridgehead atoms. The molecule has 0 aromatic rings. The maximum Gasteiger partial charge on any atom is 0.211 e. The van der Waals surface area contributed by atoms with Gasteiger partial charge in [0.15, 0.2) is 0 Å². The van der Waals surface area contributed by atoms with Crippen LogP contribution in [0.15, 0.2) is 0 Å². The number of rotatable bonds is 6. The molecule has 0 aliphatic heterocycles. The molecule has 3 N–H and O–H groups in total. The van der Waals surface area contributed by atoms with E-state index in [0.717, 1.165) is 38.5 Å². The molecule has 2 atom stereocenters. The van der Waals surface area contributed by atoms with E-state index in [-0.39, 0.29) is 11.8 Å². The highest BCUT2D eigenvalue weighted by atomic mass is 32.2. The highest BCUT2D eigenvalue weighted by Crippen LogP contribution is 2.22. The molecule has 0 heterocycles. The molecule has 1 saturated carbocycles. The van der Waals surface area contributed by atoms with Crippen LogP contribution in [0.3, 0.4) is 0 Å². The minimum absolute atomic E-state index is 0.252. The topological polar surface area (TPSA) is 72.2 Å². The van der Waals surface area contributed by atoms with Crippen LogP contribution in [-0.2, 0) is 10.0 Å². The monoisotopic (exact) mass is 248 g/mol. The Kier molecular flexibility index (Phi) is 5.72. The molecule has 1 aliphatic rings. The van der Waals surface area contributed by atoms with Crippen molar-refractivity contribution in [3.63, 3.8) is 0 Å². The number of nitrogens with one attached hydrogen (secondary N) is 1. The lowest BCUT2D eigenvalue weighted by molar-refractivity contribution is 0.322. The Morgan fingerprint density at radius 3 is 2.75 bits per heavy atom. The minimum Gasteiger partial charge on any atom is -0.328 e. The molecule has 0 saturated heterocycles. The Balaban J connectivity index is 2.27. The van der Waals surface area contributed by atoms with Crippen LogP contribution in [0.2, 0.25) is 0 Å². The predicted molar refractivity (Wildman–Crippen MR) is 66.6 cm³/mol. The summed E-state index contributed by atoms with van der Waals surface area (Å²) >= 11 is 0. The summed E-state index contributed by atoms with van der Waals surface area (Å²) in [5.74, 6) is 0.683. The number of hydrogen-bond donors (Lipinski definition) is 2. The molecule has 16 heavy (non-hydrogen) atoms. The summed E-state index contributed by atoms with van der Waals surface area (Å²) in [6.07, 6.45) is 5.91. The van der Waals surface area contributed by atoms with Crippen molar-refractivity contribution in [1.82, 2.24) is 4.72 Å². The zero-order chi connectivity index (χ0) is 12.0. The Labute approximate surface area is 99.0 Å². The average Bonchev–Trinajstić information content (AvgIpc) is 2.24. The van der Waals surface area contributed by atoms with Gasteiger partial charge in [0.05, 0.1) is 5.75 Å². The van der Waals surface area contributed by atoms with Crippen molar-refractivity contribution in [3.05, 3.63) is 0 Å². The molecule has 1 rings (SSSR count). The van der Waals surface area contributed by atoms with Gasteiger partial charge < -0.3 is 5.73 Å². The summed E-state index contributed by atoms with van der Waals surface area (Å²) in [6, 6.07) is 0.263. The van der Waals surface area contributed by atoms with E-state index in [9.17, 15) is 8.42 Å². The maximum absolute atomic E-state index is 11.6. The number of unbranched alkanes of at least 4 members (excludes halogenated alkanes) is 1. The normalized spacial score (nSPS) is 26.9. The fourth-order valence-corrected chi connectivity index (χ4v) is 3.47. The largest absolute Gasteiger partial charge is 0.328 e. The van der Waals surface area contributed by atoms with Crippen LogP contribution >= 0.6 is 0 Å². The lowest BCUT2D eigenvalue weighted by Crippen LogP contribution is -2.36. The molecule has 0 aromatic heterocycles. The first-order valence-corrected chi connectivity index (χ1v) is 7.91. The van der Waals surface area contributed by atoms with Crippen molar-refractivity contribution in [2.75, 3.05) is 12.3 Å². The van der Waals surface area contributed by atoms with Gasteiger partial charge in [-0.25, -0.2) is 13.1 Å². The minimum atomic E-state index is -3.05. The molecule has 1 fully saturated rings. The van der Waals surface area contributed by atoms with E-state index in [1.807, 2.05) is 6.92 Å². The summed E-state index contributed by atoms with van der Waals surface area (Å²) < 4.78 is 25.8. The molecular weight excluding hydrogens is 224 g/mol. The quantitative estimate of drug-likeness (QED) is 0.742. The molecular formula is C11H24N2O2S. The van der Waals surface area contributed by atoms with Crippen LogP contribution in [-0.4, -0.2) is 26.8 Å². The van der Waals surface area contributed by atoms with Gasteiger partial charge in [-0.3, -0.25) is 0 Å². The zero-order valence-corrected chi connectivity index (χ0v) is 10.9. The molecule has 4 nitrogen and oxygen atoms in total. The Bertz CT molecular complexity index is 290. The summed E-state index contributed by atoms with van der Waals surface area (Å²) in [6.45, 7) is 2.56. The number of nitrogens with two attached hydrogens (primary N) is 1. The molecule has 0 aromatic carbocycles.